The van der Waals surface area contributed by atoms with Gasteiger partial charge in [-0.05, 0) is 51.0 Å². The fraction of sp³-hybridized carbons (Fsp3) is 0.400. The van der Waals surface area contributed by atoms with Crippen molar-refractivity contribution >= 4 is 27.3 Å². The number of hydrogen-bond donors (Lipinski definition) is 0. The summed E-state index contributed by atoms with van der Waals surface area (Å²) in [5, 5.41) is 8.56. The Morgan fingerprint density at radius 2 is 1.90 bits per heavy atom. The Balaban J connectivity index is 1.48. The maximum atomic E-state index is 13.1. The molecule has 1 aliphatic heterocycles. The number of nitrogens with zero attached hydrogens (tertiary/aromatic N) is 5. The zero-order chi connectivity index (χ0) is 21.5. The van der Waals surface area contributed by atoms with Crippen molar-refractivity contribution in [3.05, 3.63) is 53.0 Å². The molecular formula is C20H23N5O3S2. The van der Waals surface area contributed by atoms with Crippen LogP contribution in [0.25, 0.3) is 5.69 Å². The molecule has 0 unspecified atom stereocenters. The van der Waals surface area contributed by atoms with Crippen LogP contribution in [0.5, 0.6) is 0 Å². The molecule has 1 aliphatic rings. The van der Waals surface area contributed by atoms with E-state index in [1.807, 2.05) is 53.8 Å². The summed E-state index contributed by atoms with van der Waals surface area (Å²) in [6.07, 6.45) is 2.51. The molecule has 1 saturated heterocycles. The van der Waals surface area contributed by atoms with E-state index < -0.39 is 9.84 Å². The Labute approximate surface area is 179 Å². The molecular weight excluding hydrogens is 422 g/mol. The maximum absolute atomic E-state index is 13.1. The number of aromatic nitrogens is 4. The van der Waals surface area contributed by atoms with Gasteiger partial charge in [-0.1, -0.05) is 10.6 Å². The molecule has 0 aliphatic carbocycles. The van der Waals surface area contributed by atoms with Gasteiger partial charge >= 0.3 is 0 Å². The lowest BCUT2D eigenvalue weighted by molar-refractivity contribution is 0.0711. The fourth-order valence-corrected chi connectivity index (χ4v) is 5.63. The summed E-state index contributed by atoms with van der Waals surface area (Å²) >= 11 is 0.919. The number of carbonyl (C=O) groups excluding carboxylic acids is 1. The minimum atomic E-state index is -3.34. The largest absolute Gasteiger partial charge is 0.339 e. The van der Waals surface area contributed by atoms with Crippen LogP contribution < -0.4 is 0 Å². The molecule has 4 rings (SSSR count). The molecule has 0 spiro atoms. The van der Waals surface area contributed by atoms with Gasteiger partial charge < -0.3 is 4.90 Å². The molecule has 0 bridgehead atoms. The van der Waals surface area contributed by atoms with E-state index >= 15 is 0 Å². The first-order chi connectivity index (χ1) is 14.2. The van der Waals surface area contributed by atoms with E-state index in [0.717, 1.165) is 28.6 Å². The first kappa shape index (κ1) is 20.7. The van der Waals surface area contributed by atoms with E-state index in [9.17, 15) is 13.2 Å². The van der Waals surface area contributed by atoms with Crippen LogP contribution in [0.15, 0.2) is 34.5 Å². The minimum absolute atomic E-state index is 0.00133. The van der Waals surface area contributed by atoms with Crippen molar-refractivity contribution in [2.24, 2.45) is 0 Å². The Morgan fingerprint density at radius 3 is 2.53 bits per heavy atom. The minimum Gasteiger partial charge on any atom is -0.339 e. The van der Waals surface area contributed by atoms with Crippen molar-refractivity contribution in [2.75, 3.05) is 19.3 Å². The van der Waals surface area contributed by atoms with Crippen LogP contribution in [0.1, 0.15) is 46.2 Å². The van der Waals surface area contributed by atoms with Gasteiger partial charge in [0, 0.05) is 48.1 Å². The van der Waals surface area contributed by atoms with Gasteiger partial charge in [0.2, 0.25) is 0 Å². The SMILES string of the molecule is Cc1cc(C)n(-c2cccc(C(=O)N3CCC(c4nnsc4S(C)(=O)=O)CC3)c2)n1. The molecule has 1 fully saturated rings. The zero-order valence-electron chi connectivity index (χ0n) is 17.1. The lowest BCUT2D eigenvalue weighted by Crippen LogP contribution is -2.38. The number of rotatable bonds is 4. The highest BCUT2D eigenvalue weighted by Gasteiger charge is 2.30. The van der Waals surface area contributed by atoms with Gasteiger partial charge in [0.25, 0.3) is 5.91 Å². The number of hydrogen-bond acceptors (Lipinski definition) is 7. The van der Waals surface area contributed by atoms with Gasteiger partial charge in [0.15, 0.2) is 14.0 Å². The number of carbonyl (C=O) groups is 1. The molecule has 1 aromatic carbocycles. The van der Waals surface area contributed by atoms with Crippen LogP contribution in [0.2, 0.25) is 0 Å². The van der Waals surface area contributed by atoms with Gasteiger partial charge in [0.05, 0.1) is 17.1 Å². The monoisotopic (exact) mass is 445 g/mol. The van der Waals surface area contributed by atoms with E-state index in [2.05, 4.69) is 14.7 Å². The second-order valence-corrected chi connectivity index (χ2v) is 10.6. The van der Waals surface area contributed by atoms with Gasteiger partial charge in [-0.2, -0.15) is 5.10 Å². The van der Waals surface area contributed by atoms with Crippen LogP contribution in [-0.2, 0) is 9.84 Å². The molecule has 0 radical (unpaired) electrons. The van der Waals surface area contributed by atoms with E-state index in [-0.39, 0.29) is 16.0 Å². The summed E-state index contributed by atoms with van der Waals surface area (Å²) in [4.78, 5) is 14.9. The second kappa shape index (κ2) is 7.92. The second-order valence-electron chi connectivity index (χ2n) is 7.67. The van der Waals surface area contributed by atoms with E-state index in [1.54, 1.807) is 0 Å². The Bertz CT molecular complexity index is 1190. The first-order valence-electron chi connectivity index (χ1n) is 9.69. The first-order valence-corrected chi connectivity index (χ1v) is 12.4. The van der Waals surface area contributed by atoms with E-state index in [1.165, 1.54) is 6.26 Å². The molecule has 3 heterocycles. The average molecular weight is 446 g/mol. The molecule has 3 aromatic rings. The summed E-state index contributed by atoms with van der Waals surface area (Å²) in [6, 6.07) is 9.47. The number of likely N-dealkylation sites (tertiary alicyclic amines) is 1. The van der Waals surface area contributed by atoms with Crippen molar-refractivity contribution in [1.82, 2.24) is 24.3 Å². The normalized spacial score (nSPS) is 15.5. The quantitative estimate of drug-likeness (QED) is 0.612. The summed E-state index contributed by atoms with van der Waals surface area (Å²) < 4.78 is 29.8. The number of piperidine rings is 1. The van der Waals surface area contributed by atoms with Crippen LogP contribution in [0.4, 0.5) is 0 Å². The Hall–Kier alpha value is -2.59. The average Bonchev–Trinajstić information content (AvgIpc) is 3.34. The standard InChI is InChI=1S/C20H23N5O3S2/c1-13-11-14(2)25(22-13)17-6-4-5-16(12-17)19(26)24-9-7-15(8-10-24)18-20(29-23-21-18)30(3,27)28/h4-6,11-12,15H,7-10H2,1-3H3. The lowest BCUT2D eigenvalue weighted by atomic mass is 9.94. The van der Waals surface area contributed by atoms with Gasteiger partial charge in [-0.25, -0.2) is 13.1 Å². The van der Waals surface area contributed by atoms with Crippen LogP contribution in [0, 0.1) is 13.8 Å². The van der Waals surface area contributed by atoms with Crippen molar-refractivity contribution in [3.8, 4) is 5.69 Å². The molecule has 0 atom stereocenters. The third kappa shape index (κ3) is 4.01. The highest BCUT2D eigenvalue weighted by Crippen LogP contribution is 2.33. The summed E-state index contributed by atoms with van der Waals surface area (Å²) in [5.41, 5.74) is 3.95. The molecule has 2 aromatic heterocycles. The summed E-state index contributed by atoms with van der Waals surface area (Å²) in [6.45, 7) is 5.02. The third-order valence-corrected chi connectivity index (χ3v) is 7.89. The molecule has 10 heteroatoms. The van der Waals surface area contributed by atoms with E-state index in [4.69, 9.17) is 0 Å². The van der Waals surface area contributed by atoms with E-state index in [0.29, 0.717) is 37.2 Å². The van der Waals surface area contributed by atoms with Crippen LogP contribution >= 0.6 is 11.5 Å². The van der Waals surface area contributed by atoms with Gasteiger partial charge in [0.1, 0.15) is 0 Å². The number of aryl methyl sites for hydroxylation is 2. The summed E-state index contributed by atoms with van der Waals surface area (Å²) in [5.74, 6) is -0.0323. The highest BCUT2D eigenvalue weighted by molar-refractivity contribution is 7.92. The topological polar surface area (TPSA) is 98.0 Å². The molecule has 158 valence electrons. The fourth-order valence-electron chi connectivity index (χ4n) is 3.89. The molecule has 0 saturated carbocycles. The Kier molecular flexibility index (Phi) is 5.46. The van der Waals surface area contributed by atoms with Crippen molar-refractivity contribution in [3.63, 3.8) is 0 Å². The molecule has 1 amide bonds. The van der Waals surface area contributed by atoms with Crippen LogP contribution in [0.3, 0.4) is 0 Å². The molecule has 8 nitrogen and oxygen atoms in total. The van der Waals surface area contributed by atoms with Crippen molar-refractivity contribution in [1.29, 1.82) is 0 Å². The smallest absolute Gasteiger partial charge is 0.253 e. The van der Waals surface area contributed by atoms with Gasteiger partial charge in [-0.3, -0.25) is 4.79 Å². The molecule has 0 N–H and O–H groups in total. The molecule has 30 heavy (non-hydrogen) atoms. The predicted molar refractivity (Wildman–Crippen MR) is 114 cm³/mol. The predicted octanol–water partition coefficient (Wildman–Crippen LogP) is 2.76. The van der Waals surface area contributed by atoms with Crippen molar-refractivity contribution in [2.45, 2.75) is 36.8 Å². The maximum Gasteiger partial charge on any atom is 0.253 e. The number of amides is 1. The Morgan fingerprint density at radius 1 is 1.17 bits per heavy atom. The zero-order valence-corrected chi connectivity index (χ0v) is 18.7. The number of benzene rings is 1. The number of sulfone groups is 1. The summed E-state index contributed by atoms with van der Waals surface area (Å²) in [7, 11) is -3.34. The highest BCUT2D eigenvalue weighted by atomic mass is 32.2. The third-order valence-electron chi connectivity index (χ3n) is 5.33. The van der Waals surface area contributed by atoms with Crippen LogP contribution in [-0.4, -0.2) is 57.9 Å². The van der Waals surface area contributed by atoms with Crippen molar-refractivity contribution < 1.29 is 13.2 Å². The lowest BCUT2D eigenvalue weighted by Gasteiger charge is -2.31. The van der Waals surface area contributed by atoms with Gasteiger partial charge in [-0.15, -0.1) is 5.10 Å².